The fraction of sp³-hybridized carbons (Fsp3) is 0.250. The Morgan fingerprint density at radius 1 is 1.00 bits per heavy atom. The molecule has 2 aromatic carbocycles. The highest BCUT2D eigenvalue weighted by Crippen LogP contribution is 2.39. The van der Waals surface area contributed by atoms with Crippen molar-refractivity contribution < 1.29 is 0 Å². The normalized spacial score (nSPS) is 15.4. The minimum absolute atomic E-state index is 0.0140. The highest BCUT2D eigenvalue weighted by atomic mass is 15.4. The molecule has 4 heteroatoms. The number of hydrogen-bond donors (Lipinski definition) is 1. The van der Waals surface area contributed by atoms with Gasteiger partial charge in [0.15, 0.2) is 0 Å². The molecule has 4 nitrogen and oxygen atoms in total. The molecular formula is C20H22N4. The SMILES string of the molecule is Cc1ccc2c(c1)-c1cc(C)nn1[C@H](c1ccc(N(C)C)cc1)N2. The molecule has 0 spiro atoms. The second-order valence-electron chi connectivity index (χ2n) is 6.70. The number of anilines is 2. The largest absolute Gasteiger partial charge is 0.378 e. The van der Waals surface area contributed by atoms with Crippen LogP contribution in [-0.4, -0.2) is 23.9 Å². The lowest BCUT2D eigenvalue weighted by molar-refractivity contribution is 0.571. The molecule has 1 aromatic heterocycles. The lowest BCUT2D eigenvalue weighted by Gasteiger charge is -2.29. The minimum Gasteiger partial charge on any atom is -0.378 e. The number of fused-ring (bicyclic) bond motifs is 3. The molecule has 0 aliphatic carbocycles. The van der Waals surface area contributed by atoms with Gasteiger partial charge in [0.2, 0.25) is 0 Å². The molecule has 1 N–H and O–H groups in total. The third kappa shape index (κ3) is 2.35. The van der Waals surface area contributed by atoms with Crippen LogP contribution in [-0.2, 0) is 0 Å². The van der Waals surface area contributed by atoms with Crippen LogP contribution in [0.2, 0.25) is 0 Å². The Morgan fingerprint density at radius 3 is 2.46 bits per heavy atom. The molecule has 0 saturated heterocycles. The van der Waals surface area contributed by atoms with Crippen molar-refractivity contribution in [2.45, 2.75) is 20.0 Å². The maximum absolute atomic E-state index is 4.74. The molecule has 24 heavy (non-hydrogen) atoms. The monoisotopic (exact) mass is 318 g/mol. The van der Waals surface area contributed by atoms with E-state index in [0.717, 1.165) is 11.4 Å². The maximum Gasteiger partial charge on any atom is 0.147 e. The third-order valence-electron chi connectivity index (χ3n) is 4.57. The van der Waals surface area contributed by atoms with Crippen molar-refractivity contribution in [2.75, 3.05) is 24.3 Å². The topological polar surface area (TPSA) is 33.1 Å². The molecular weight excluding hydrogens is 296 g/mol. The van der Waals surface area contributed by atoms with Gasteiger partial charge in [-0.3, -0.25) is 0 Å². The molecule has 0 bridgehead atoms. The first-order valence-electron chi connectivity index (χ1n) is 8.24. The van der Waals surface area contributed by atoms with E-state index in [1.807, 2.05) is 6.92 Å². The molecule has 1 aliphatic rings. The highest BCUT2D eigenvalue weighted by Gasteiger charge is 2.26. The Hall–Kier alpha value is -2.75. The van der Waals surface area contributed by atoms with E-state index in [2.05, 4.69) is 84.4 Å². The fourth-order valence-corrected chi connectivity index (χ4v) is 3.30. The van der Waals surface area contributed by atoms with Gasteiger partial charge in [-0.2, -0.15) is 5.10 Å². The van der Waals surface area contributed by atoms with E-state index in [4.69, 9.17) is 5.10 Å². The predicted octanol–water partition coefficient (Wildman–Crippen LogP) is 4.21. The smallest absolute Gasteiger partial charge is 0.147 e. The van der Waals surface area contributed by atoms with Gasteiger partial charge in [-0.05, 0) is 49.7 Å². The van der Waals surface area contributed by atoms with Crippen molar-refractivity contribution in [1.29, 1.82) is 0 Å². The quantitative estimate of drug-likeness (QED) is 0.768. The minimum atomic E-state index is 0.0140. The Labute approximate surface area is 142 Å². The van der Waals surface area contributed by atoms with Crippen LogP contribution in [0.3, 0.4) is 0 Å². The third-order valence-corrected chi connectivity index (χ3v) is 4.57. The summed E-state index contributed by atoms with van der Waals surface area (Å²) >= 11 is 0. The first-order valence-corrected chi connectivity index (χ1v) is 8.24. The Kier molecular flexibility index (Phi) is 3.34. The van der Waals surface area contributed by atoms with E-state index in [-0.39, 0.29) is 6.17 Å². The molecule has 3 aromatic rings. The van der Waals surface area contributed by atoms with E-state index in [1.54, 1.807) is 0 Å². The molecule has 1 atom stereocenters. The summed E-state index contributed by atoms with van der Waals surface area (Å²) in [4.78, 5) is 2.11. The molecule has 122 valence electrons. The van der Waals surface area contributed by atoms with Gasteiger partial charge in [-0.15, -0.1) is 0 Å². The molecule has 2 heterocycles. The van der Waals surface area contributed by atoms with Crippen LogP contribution in [0.1, 0.15) is 23.0 Å². The first kappa shape index (κ1) is 14.8. The van der Waals surface area contributed by atoms with Crippen molar-refractivity contribution in [2.24, 2.45) is 0 Å². The summed E-state index contributed by atoms with van der Waals surface area (Å²) < 4.78 is 2.10. The molecule has 4 rings (SSSR count). The zero-order chi connectivity index (χ0) is 16.8. The summed E-state index contributed by atoms with van der Waals surface area (Å²) in [5.74, 6) is 0. The summed E-state index contributed by atoms with van der Waals surface area (Å²) in [5.41, 5.74) is 8.25. The molecule has 0 radical (unpaired) electrons. The van der Waals surface area contributed by atoms with E-state index < -0.39 is 0 Å². The molecule has 0 amide bonds. The van der Waals surface area contributed by atoms with Gasteiger partial charge in [0.25, 0.3) is 0 Å². The van der Waals surface area contributed by atoms with Crippen molar-refractivity contribution in [1.82, 2.24) is 9.78 Å². The lowest BCUT2D eigenvalue weighted by atomic mass is 10.0. The van der Waals surface area contributed by atoms with Crippen LogP contribution in [0, 0.1) is 13.8 Å². The van der Waals surface area contributed by atoms with Crippen LogP contribution >= 0.6 is 0 Å². The van der Waals surface area contributed by atoms with Gasteiger partial charge >= 0.3 is 0 Å². The number of aryl methyl sites for hydroxylation is 2. The van der Waals surface area contributed by atoms with Crippen LogP contribution in [0.25, 0.3) is 11.3 Å². The molecule has 0 fully saturated rings. The lowest BCUT2D eigenvalue weighted by Crippen LogP contribution is -2.25. The molecule has 0 saturated carbocycles. The zero-order valence-corrected chi connectivity index (χ0v) is 14.5. The standard InChI is InChI=1S/C20H22N4/c1-13-5-10-18-17(11-13)19-12-14(2)22-24(19)20(21-18)15-6-8-16(9-7-15)23(3)4/h5-12,20-21H,1-4H3/t20-/m1/s1. The van der Waals surface area contributed by atoms with E-state index in [0.29, 0.717) is 0 Å². The number of aromatic nitrogens is 2. The number of rotatable bonds is 2. The second kappa shape index (κ2) is 5.41. The average Bonchev–Trinajstić information content (AvgIpc) is 2.96. The van der Waals surface area contributed by atoms with Crippen LogP contribution in [0.15, 0.2) is 48.5 Å². The fourth-order valence-electron chi connectivity index (χ4n) is 3.30. The summed E-state index contributed by atoms with van der Waals surface area (Å²) in [6.45, 7) is 4.17. The first-order chi connectivity index (χ1) is 11.5. The Balaban J connectivity index is 1.82. The van der Waals surface area contributed by atoms with Gasteiger partial charge in [-0.25, -0.2) is 4.68 Å². The Morgan fingerprint density at radius 2 is 1.75 bits per heavy atom. The van der Waals surface area contributed by atoms with Crippen LogP contribution in [0.5, 0.6) is 0 Å². The van der Waals surface area contributed by atoms with Gasteiger partial charge in [0.1, 0.15) is 6.17 Å². The Bertz CT molecular complexity index is 891. The van der Waals surface area contributed by atoms with E-state index in [1.165, 1.54) is 28.1 Å². The average molecular weight is 318 g/mol. The number of benzene rings is 2. The van der Waals surface area contributed by atoms with Crippen molar-refractivity contribution in [3.63, 3.8) is 0 Å². The second-order valence-corrected chi connectivity index (χ2v) is 6.70. The number of nitrogens with one attached hydrogen (secondary N) is 1. The summed E-state index contributed by atoms with van der Waals surface area (Å²) in [5, 5.41) is 8.38. The predicted molar refractivity (Wildman–Crippen MR) is 99.7 cm³/mol. The van der Waals surface area contributed by atoms with Crippen LogP contribution in [0.4, 0.5) is 11.4 Å². The van der Waals surface area contributed by atoms with Gasteiger partial charge in [-0.1, -0.05) is 23.8 Å². The molecule has 0 unspecified atom stereocenters. The molecule has 1 aliphatic heterocycles. The number of nitrogens with zero attached hydrogens (tertiary/aromatic N) is 3. The van der Waals surface area contributed by atoms with Crippen molar-refractivity contribution >= 4 is 11.4 Å². The van der Waals surface area contributed by atoms with Gasteiger partial charge in [0.05, 0.1) is 11.4 Å². The van der Waals surface area contributed by atoms with Gasteiger partial charge in [0, 0.05) is 31.0 Å². The highest BCUT2D eigenvalue weighted by molar-refractivity contribution is 5.79. The van der Waals surface area contributed by atoms with Crippen molar-refractivity contribution in [3.8, 4) is 11.3 Å². The van der Waals surface area contributed by atoms with Crippen molar-refractivity contribution in [3.05, 3.63) is 65.4 Å². The van der Waals surface area contributed by atoms with Crippen LogP contribution < -0.4 is 10.2 Å². The zero-order valence-electron chi connectivity index (χ0n) is 14.5. The number of hydrogen-bond acceptors (Lipinski definition) is 3. The summed E-state index contributed by atoms with van der Waals surface area (Å²) in [7, 11) is 4.11. The van der Waals surface area contributed by atoms with Gasteiger partial charge < -0.3 is 10.2 Å². The summed E-state index contributed by atoms with van der Waals surface area (Å²) in [6, 6.07) is 17.4. The van der Waals surface area contributed by atoms with E-state index in [9.17, 15) is 0 Å². The summed E-state index contributed by atoms with van der Waals surface area (Å²) in [6.07, 6.45) is 0.0140. The maximum atomic E-state index is 4.74. The van der Waals surface area contributed by atoms with E-state index >= 15 is 0 Å².